The molecule has 0 aliphatic heterocycles. The maximum absolute atomic E-state index is 13.4. The van der Waals surface area contributed by atoms with Gasteiger partial charge in [-0.2, -0.15) is 0 Å². The van der Waals surface area contributed by atoms with Crippen LogP contribution in [0.1, 0.15) is 5.69 Å². The second-order valence-corrected chi connectivity index (χ2v) is 7.86. The van der Waals surface area contributed by atoms with E-state index in [-0.39, 0.29) is 5.82 Å². The Bertz CT molecular complexity index is 1110. The Labute approximate surface area is 165 Å². The second-order valence-electron chi connectivity index (χ2n) is 6.48. The van der Waals surface area contributed by atoms with E-state index in [4.69, 9.17) is 4.98 Å². The summed E-state index contributed by atoms with van der Waals surface area (Å²) in [6.07, 6.45) is 3.41. The number of aryl methyl sites for hydroxylation is 1. The van der Waals surface area contributed by atoms with Gasteiger partial charge in [0.25, 0.3) is 0 Å². The highest BCUT2D eigenvalue weighted by Gasteiger charge is 2.16. The number of nitrogens with zero attached hydrogens (tertiary/aromatic N) is 2. The summed E-state index contributed by atoms with van der Waals surface area (Å²) in [5.41, 5.74) is 5.14. The molecule has 4 nitrogen and oxygen atoms in total. The van der Waals surface area contributed by atoms with Crippen molar-refractivity contribution >= 4 is 11.2 Å². The average molecular weight is 391 g/mol. The summed E-state index contributed by atoms with van der Waals surface area (Å²) < 4.78 is 25.0. The summed E-state index contributed by atoms with van der Waals surface area (Å²) in [6, 6.07) is 17.6. The van der Waals surface area contributed by atoms with Crippen molar-refractivity contribution in [3.8, 4) is 33.9 Å². The molecule has 140 valence electrons. The molecule has 0 amide bonds. The Morgan fingerprint density at radius 2 is 1.61 bits per heavy atom. The van der Waals surface area contributed by atoms with Crippen LogP contribution in [0.5, 0.6) is 0 Å². The first-order valence-corrected chi connectivity index (χ1v) is 10.3. The number of rotatable bonds is 4. The van der Waals surface area contributed by atoms with Crippen molar-refractivity contribution < 1.29 is 8.94 Å². The number of halogens is 1. The van der Waals surface area contributed by atoms with Gasteiger partial charge in [0.05, 0.1) is 11.4 Å². The smallest absolute Gasteiger partial charge is 0.152 e. The van der Waals surface area contributed by atoms with Crippen molar-refractivity contribution in [3.63, 3.8) is 0 Å². The molecule has 1 atom stereocenters. The molecule has 0 aliphatic rings. The van der Waals surface area contributed by atoms with E-state index in [1.165, 1.54) is 12.1 Å². The molecule has 1 N–H and O–H groups in total. The van der Waals surface area contributed by atoms with Crippen LogP contribution in [0, 0.1) is 12.7 Å². The second kappa shape index (κ2) is 7.58. The predicted octanol–water partition coefficient (Wildman–Crippen LogP) is 4.99. The Balaban J connectivity index is 1.85. The Morgan fingerprint density at radius 1 is 0.929 bits per heavy atom. The van der Waals surface area contributed by atoms with E-state index in [1.54, 1.807) is 24.6 Å². The van der Waals surface area contributed by atoms with E-state index >= 15 is 0 Å². The lowest BCUT2D eigenvalue weighted by Crippen LogP contribution is -1.96. The van der Waals surface area contributed by atoms with Gasteiger partial charge in [-0.05, 0) is 78.8 Å². The number of hydrogen-bond acceptors (Lipinski definition) is 3. The molecule has 4 rings (SSSR count). The summed E-state index contributed by atoms with van der Waals surface area (Å²) in [5, 5.41) is 0. The first-order valence-electron chi connectivity index (χ1n) is 8.74. The lowest BCUT2D eigenvalue weighted by Gasteiger charge is -2.04. The minimum absolute atomic E-state index is 0.288. The van der Waals surface area contributed by atoms with Crippen molar-refractivity contribution in [2.75, 3.05) is 6.26 Å². The normalized spacial score (nSPS) is 12.1. The topological polar surface area (TPSA) is 64.6 Å². The number of benzene rings is 2. The van der Waals surface area contributed by atoms with E-state index in [0.717, 1.165) is 38.7 Å². The van der Waals surface area contributed by atoms with Gasteiger partial charge < -0.3 is 9.54 Å². The molecule has 28 heavy (non-hydrogen) atoms. The van der Waals surface area contributed by atoms with Crippen LogP contribution in [0.25, 0.3) is 33.9 Å². The molecule has 0 bridgehead atoms. The highest BCUT2D eigenvalue weighted by molar-refractivity contribution is 7.90. The largest absolute Gasteiger partial charge is 0.612 e. The summed E-state index contributed by atoms with van der Waals surface area (Å²) in [7, 11) is 0. The van der Waals surface area contributed by atoms with Crippen molar-refractivity contribution in [1.82, 2.24) is 15.0 Å². The third kappa shape index (κ3) is 3.69. The summed E-state index contributed by atoms with van der Waals surface area (Å²) >= 11 is -1.03. The van der Waals surface area contributed by atoms with Crippen LogP contribution in [0.2, 0.25) is 0 Å². The minimum atomic E-state index is -1.03. The van der Waals surface area contributed by atoms with Gasteiger partial charge >= 0.3 is 0 Å². The highest BCUT2D eigenvalue weighted by Crippen LogP contribution is 2.33. The first kappa shape index (κ1) is 18.4. The van der Waals surface area contributed by atoms with Crippen LogP contribution in [0.3, 0.4) is 0 Å². The van der Waals surface area contributed by atoms with Gasteiger partial charge in [0.15, 0.2) is 4.90 Å². The molecule has 1 unspecified atom stereocenters. The van der Waals surface area contributed by atoms with Crippen molar-refractivity contribution in [2.45, 2.75) is 11.8 Å². The highest BCUT2D eigenvalue weighted by atomic mass is 32.2. The van der Waals surface area contributed by atoms with Crippen LogP contribution in [-0.2, 0) is 11.2 Å². The molecule has 0 spiro atoms. The number of hydrogen-bond donors (Lipinski definition) is 1. The number of aromatic nitrogens is 3. The van der Waals surface area contributed by atoms with Gasteiger partial charge in [0.2, 0.25) is 0 Å². The van der Waals surface area contributed by atoms with E-state index in [0.29, 0.717) is 5.82 Å². The zero-order chi connectivity index (χ0) is 19.7. The number of nitrogens with one attached hydrogen (secondary N) is 1. The molecule has 0 saturated carbocycles. The molecule has 2 heterocycles. The lowest BCUT2D eigenvalue weighted by molar-refractivity contribution is 0.601. The van der Waals surface area contributed by atoms with Crippen LogP contribution in [0.4, 0.5) is 4.39 Å². The Hall–Kier alpha value is -2.96. The molecular formula is C22H18FN3OS. The van der Waals surface area contributed by atoms with Gasteiger partial charge in [-0.15, -0.1) is 0 Å². The Kier molecular flexibility index (Phi) is 4.98. The third-order valence-electron chi connectivity index (χ3n) is 4.47. The van der Waals surface area contributed by atoms with Crippen molar-refractivity contribution in [2.24, 2.45) is 0 Å². The SMILES string of the molecule is Cc1cc(-c2[nH]c(-c3ccc([S+](C)[O-])cc3)nc2-c2ccc(F)cc2)ccn1. The van der Waals surface area contributed by atoms with Gasteiger partial charge in [-0.3, -0.25) is 4.98 Å². The van der Waals surface area contributed by atoms with Crippen molar-refractivity contribution in [3.05, 3.63) is 78.4 Å². The molecule has 0 aliphatic carbocycles. The van der Waals surface area contributed by atoms with E-state index < -0.39 is 11.2 Å². The maximum atomic E-state index is 13.4. The molecule has 0 radical (unpaired) electrons. The number of aromatic amines is 1. The van der Waals surface area contributed by atoms with E-state index in [1.807, 2.05) is 43.3 Å². The third-order valence-corrected chi connectivity index (χ3v) is 5.40. The zero-order valence-corrected chi connectivity index (χ0v) is 16.3. The van der Waals surface area contributed by atoms with Crippen molar-refractivity contribution in [1.29, 1.82) is 0 Å². The van der Waals surface area contributed by atoms with Crippen LogP contribution >= 0.6 is 0 Å². The van der Waals surface area contributed by atoms with E-state index in [2.05, 4.69) is 9.97 Å². The molecular weight excluding hydrogens is 373 g/mol. The number of imidazole rings is 1. The molecule has 0 saturated heterocycles. The molecule has 2 aromatic carbocycles. The van der Waals surface area contributed by atoms with Gasteiger partial charge in [-0.1, -0.05) is 0 Å². The molecule has 2 aromatic heterocycles. The van der Waals surface area contributed by atoms with Gasteiger partial charge in [0.1, 0.15) is 17.9 Å². The summed E-state index contributed by atoms with van der Waals surface area (Å²) in [6.45, 7) is 1.93. The quantitative estimate of drug-likeness (QED) is 0.499. The lowest BCUT2D eigenvalue weighted by atomic mass is 10.1. The summed E-state index contributed by atoms with van der Waals surface area (Å²) in [4.78, 5) is 13.2. The fourth-order valence-electron chi connectivity index (χ4n) is 3.04. The zero-order valence-electron chi connectivity index (χ0n) is 15.4. The molecule has 4 aromatic rings. The Morgan fingerprint density at radius 3 is 2.25 bits per heavy atom. The molecule has 0 fully saturated rings. The monoisotopic (exact) mass is 391 g/mol. The standard InChI is InChI=1S/C22H18FN3OS/c1-14-13-17(11-12-24-14)21-20(15-3-7-18(23)8-4-15)25-22(26-21)16-5-9-19(10-6-16)28(2)27/h3-13H,1-2H3,(H,25,26). The minimum Gasteiger partial charge on any atom is -0.612 e. The fourth-order valence-corrected chi connectivity index (χ4v) is 3.56. The number of pyridine rings is 1. The average Bonchev–Trinajstić information content (AvgIpc) is 3.14. The predicted molar refractivity (Wildman–Crippen MR) is 110 cm³/mol. The van der Waals surface area contributed by atoms with Crippen LogP contribution < -0.4 is 0 Å². The van der Waals surface area contributed by atoms with E-state index in [9.17, 15) is 8.94 Å². The van der Waals surface area contributed by atoms with Crippen LogP contribution in [-0.4, -0.2) is 25.8 Å². The maximum Gasteiger partial charge on any atom is 0.152 e. The summed E-state index contributed by atoms with van der Waals surface area (Å²) in [5.74, 6) is 0.404. The van der Waals surface area contributed by atoms with Crippen LogP contribution in [0.15, 0.2) is 71.8 Å². The fraction of sp³-hybridized carbons (Fsp3) is 0.0909. The molecule has 6 heteroatoms. The first-order chi connectivity index (χ1) is 13.5. The van der Waals surface area contributed by atoms with Gasteiger partial charge in [0, 0.05) is 28.6 Å². The van der Waals surface area contributed by atoms with Gasteiger partial charge in [-0.25, -0.2) is 9.37 Å². The number of H-pyrrole nitrogens is 1.